The number of thiophene rings is 2. The van der Waals surface area contributed by atoms with Gasteiger partial charge in [0, 0.05) is 9.75 Å². The summed E-state index contributed by atoms with van der Waals surface area (Å²) in [6.45, 7) is 2.90. The van der Waals surface area contributed by atoms with Gasteiger partial charge in [0.1, 0.15) is 11.0 Å². The summed E-state index contributed by atoms with van der Waals surface area (Å²) in [5.41, 5.74) is 1.19. The van der Waals surface area contributed by atoms with E-state index in [9.17, 15) is 0 Å². The number of rotatable bonds is 17. The molecule has 0 aliphatic heterocycles. The topological polar surface area (TPSA) is 30.7 Å². The number of aromatic nitrogens is 3. The van der Waals surface area contributed by atoms with E-state index in [1.54, 1.807) is 16.9 Å². The minimum absolute atomic E-state index is 0.185. The molecule has 0 bridgehead atoms. The van der Waals surface area contributed by atoms with Crippen molar-refractivity contribution in [3.05, 3.63) is 43.5 Å². The lowest BCUT2D eigenvalue weighted by Gasteiger charge is -2.07. The van der Waals surface area contributed by atoms with Crippen LogP contribution in [0.25, 0.3) is 31.9 Å². The second-order valence-electron chi connectivity index (χ2n) is 10.2. The number of halogens is 4. The second kappa shape index (κ2) is 15.7. The Bertz CT molecular complexity index is 1250. The fourth-order valence-electron chi connectivity index (χ4n) is 5.01. The van der Waals surface area contributed by atoms with E-state index in [1.807, 2.05) is 12.1 Å². The van der Waals surface area contributed by atoms with Gasteiger partial charge in [-0.2, -0.15) is 15.0 Å². The van der Waals surface area contributed by atoms with Crippen LogP contribution in [-0.4, -0.2) is 15.0 Å². The van der Waals surface area contributed by atoms with Crippen LogP contribution in [0.15, 0.2) is 31.8 Å². The molecule has 0 spiro atoms. The molecule has 4 rings (SSSR count). The van der Waals surface area contributed by atoms with Gasteiger partial charge in [-0.15, -0.1) is 22.7 Å². The maximum atomic E-state index is 15.5. The maximum absolute atomic E-state index is 15.5. The molecule has 0 atom stereocenters. The van der Waals surface area contributed by atoms with Crippen LogP contribution in [0.4, 0.5) is 8.78 Å². The predicted molar refractivity (Wildman–Crippen MR) is 170 cm³/mol. The van der Waals surface area contributed by atoms with Crippen molar-refractivity contribution in [2.24, 2.45) is 0 Å². The highest BCUT2D eigenvalue weighted by atomic mass is 79.9. The molecule has 1 aromatic carbocycles. The van der Waals surface area contributed by atoms with Crippen molar-refractivity contribution >= 4 is 65.6 Å². The molecule has 0 fully saturated rings. The molecule has 0 saturated heterocycles. The Hall–Kier alpha value is -1.16. The number of hydrogen-bond acceptors (Lipinski definition) is 4. The molecular formula is C30H37Br2F2N3S2. The van der Waals surface area contributed by atoms with Gasteiger partial charge < -0.3 is 0 Å². The normalized spacial score (nSPS) is 11.7. The highest BCUT2D eigenvalue weighted by molar-refractivity contribution is 9.11. The number of benzene rings is 1. The number of aryl methyl sites for hydroxylation is 1. The van der Waals surface area contributed by atoms with Gasteiger partial charge in [-0.25, -0.2) is 8.78 Å². The number of fused-ring (bicyclic) bond motifs is 1. The first kappa shape index (κ1) is 30.8. The van der Waals surface area contributed by atoms with Crippen molar-refractivity contribution in [1.29, 1.82) is 0 Å². The third kappa shape index (κ3) is 8.43. The van der Waals surface area contributed by atoms with Gasteiger partial charge in [-0.1, -0.05) is 90.4 Å². The molecular weight excluding hydrogens is 664 g/mol. The van der Waals surface area contributed by atoms with E-state index >= 15 is 8.78 Å². The van der Waals surface area contributed by atoms with E-state index in [0.717, 1.165) is 20.4 Å². The van der Waals surface area contributed by atoms with Crippen LogP contribution in [0.2, 0.25) is 0 Å². The van der Waals surface area contributed by atoms with Gasteiger partial charge in [0.2, 0.25) is 0 Å². The SMILES string of the molecule is CCCCCCCCCCCCCCCCn1nc2c(-c3ccc(Br)s3)c(F)c(F)c(-c3ccc(Br)s3)c2n1. The molecule has 0 amide bonds. The molecule has 0 N–H and O–H groups in total. The van der Waals surface area contributed by atoms with Crippen LogP contribution in [-0.2, 0) is 6.54 Å². The highest BCUT2D eigenvalue weighted by Gasteiger charge is 2.27. The van der Waals surface area contributed by atoms with Crippen molar-refractivity contribution in [3.8, 4) is 20.9 Å². The van der Waals surface area contributed by atoms with Crippen LogP contribution >= 0.6 is 54.5 Å². The third-order valence-electron chi connectivity index (χ3n) is 7.11. The van der Waals surface area contributed by atoms with E-state index in [-0.39, 0.29) is 11.1 Å². The minimum Gasteiger partial charge on any atom is -0.203 e. The summed E-state index contributed by atoms with van der Waals surface area (Å²) in [7, 11) is 0. The quantitative estimate of drug-likeness (QED) is 0.103. The summed E-state index contributed by atoms with van der Waals surface area (Å²) < 4.78 is 32.7. The summed E-state index contributed by atoms with van der Waals surface area (Å²) >= 11 is 9.60. The summed E-state index contributed by atoms with van der Waals surface area (Å²) in [6.07, 6.45) is 18.2. The lowest BCUT2D eigenvalue weighted by atomic mass is 10.0. The van der Waals surface area contributed by atoms with Gasteiger partial charge in [0.15, 0.2) is 11.6 Å². The number of unbranched alkanes of at least 4 members (excludes halogenated alkanes) is 13. The Morgan fingerprint density at radius 3 is 1.36 bits per heavy atom. The molecule has 9 heteroatoms. The van der Waals surface area contributed by atoms with E-state index in [0.29, 0.717) is 27.3 Å². The largest absolute Gasteiger partial charge is 0.203 e. The Labute approximate surface area is 255 Å². The Balaban J connectivity index is 1.33. The van der Waals surface area contributed by atoms with E-state index in [4.69, 9.17) is 0 Å². The maximum Gasteiger partial charge on any atom is 0.170 e. The van der Waals surface area contributed by atoms with Crippen LogP contribution in [0.5, 0.6) is 0 Å². The van der Waals surface area contributed by atoms with Gasteiger partial charge in [0.05, 0.1) is 25.2 Å². The lowest BCUT2D eigenvalue weighted by molar-refractivity contribution is 0.482. The molecule has 0 saturated carbocycles. The molecule has 3 heterocycles. The van der Waals surface area contributed by atoms with Crippen LogP contribution in [0.3, 0.4) is 0 Å². The molecule has 39 heavy (non-hydrogen) atoms. The van der Waals surface area contributed by atoms with Crippen LogP contribution < -0.4 is 0 Å². The first-order chi connectivity index (χ1) is 19.0. The van der Waals surface area contributed by atoms with Crippen molar-refractivity contribution in [3.63, 3.8) is 0 Å². The molecule has 0 aliphatic rings. The second-order valence-corrected chi connectivity index (χ2v) is 15.1. The number of nitrogens with zero attached hydrogens (tertiary/aromatic N) is 3. The Morgan fingerprint density at radius 1 is 0.615 bits per heavy atom. The van der Waals surface area contributed by atoms with Crippen molar-refractivity contribution in [2.45, 2.75) is 103 Å². The fourth-order valence-corrected chi connectivity index (χ4v) is 7.86. The summed E-state index contributed by atoms with van der Waals surface area (Å²) in [5, 5.41) is 9.35. The van der Waals surface area contributed by atoms with Gasteiger partial charge in [-0.3, -0.25) is 0 Å². The van der Waals surface area contributed by atoms with Crippen molar-refractivity contribution < 1.29 is 8.78 Å². The minimum atomic E-state index is -0.875. The molecule has 0 aliphatic carbocycles. The molecule has 212 valence electrons. The molecule has 4 aromatic rings. The van der Waals surface area contributed by atoms with E-state index in [2.05, 4.69) is 49.0 Å². The average Bonchev–Trinajstić information content (AvgIpc) is 3.65. The summed E-state index contributed by atoms with van der Waals surface area (Å²) in [5.74, 6) is -1.75. The number of hydrogen-bond donors (Lipinski definition) is 0. The van der Waals surface area contributed by atoms with Gasteiger partial charge in [-0.05, 0) is 62.5 Å². The summed E-state index contributed by atoms with van der Waals surface area (Å²) in [4.78, 5) is 2.89. The highest BCUT2D eigenvalue weighted by Crippen LogP contribution is 2.43. The summed E-state index contributed by atoms with van der Waals surface area (Å²) in [6, 6.07) is 7.26. The zero-order valence-corrected chi connectivity index (χ0v) is 27.4. The molecule has 0 unspecified atom stereocenters. The predicted octanol–water partition coefficient (Wildman–Crippen LogP) is 12.2. The van der Waals surface area contributed by atoms with Crippen LogP contribution in [0.1, 0.15) is 96.8 Å². The first-order valence-electron chi connectivity index (χ1n) is 14.3. The van der Waals surface area contributed by atoms with Gasteiger partial charge >= 0.3 is 0 Å². The average molecular weight is 702 g/mol. The zero-order chi connectivity index (χ0) is 27.6. The van der Waals surface area contributed by atoms with E-state index < -0.39 is 11.6 Å². The third-order valence-corrected chi connectivity index (χ3v) is 10.4. The first-order valence-corrected chi connectivity index (χ1v) is 17.5. The molecule has 3 aromatic heterocycles. The fraction of sp³-hybridized carbons (Fsp3) is 0.533. The van der Waals surface area contributed by atoms with Gasteiger partial charge in [0.25, 0.3) is 0 Å². The monoisotopic (exact) mass is 699 g/mol. The molecule has 0 radical (unpaired) electrons. The lowest BCUT2D eigenvalue weighted by Crippen LogP contribution is -2.02. The Kier molecular flexibility index (Phi) is 12.4. The Morgan fingerprint density at radius 2 is 1.00 bits per heavy atom. The zero-order valence-electron chi connectivity index (χ0n) is 22.6. The molecule has 3 nitrogen and oxygen atoms in total. The van der Waals surface area contributed by atoms with Crippen molar-refractivity contribution in [2.75, 3.05) is 0 Å². The van der Waals surface area contributed by atoms with E-state index in [1.165, 1.54) is 99.7 Å². The standard InChI is InChI=1S/C30H37Br2F2N3S2/c1-2-3-4-5-6-7-8-9-10-11-12-13-14-15-20-37-35-29-25(21-16-18-23(31)38-21)27(33)28(34)26(30(29)36-37)22-17-19-24(32)39-22/h16-19H,2-15,20H2,1H3. The smallest absolute Gasteiger partial charge is 0.170 e. The van der Waals surface area contributed by atoms with Crippen molar-refractivity contribution in [1.82, 2.24) is 15.0 Å². The van der Waals surface area contributed by atoms with Crippen LogP contribution in [0, 0.1) is 11.6 Å².